The Morgan fingerprint density at radius 2 is 2.00 bits per heavy atom. The Balaban J connectivity index is 2.02. The van der Waals surface area contributed by atoms with Crippen molar-refractivity contribution in [2.24, 2.45) is 5.92 Å². The minimum atomic E-state index is -3.23. The monoisotopic (exact) mass is 262 g/mol. The summed E-state index contributed by atoms with van der Waals surface area (Å²) in [5.74, 6) is -0.00693. The van der Waals surface area contributed by atoms with Crippen molar-refractivity contribution in [1.29, 1.82) is 0 Å². The number of nitrogens with one attached hydrogen (secondary N) is 1. The zero-order valence-electron chi connectivity index (χ0n) is 10.3. The summed E-state index contributed by atoms with van der Waals surface area (Å²) in [5, 5.41) is -0.477. The quantitative estimate of drug-likeness (QED) is 0.674. The molecule has 1 N–H and O–H groups in total. The molecule has 0 aromatic rings. The maximum atomic E-state index is 11.8. The Morgan fingerprint density at radius 1 is 1.35 bits per heavy atom. The van der Waals surface area contributed by atoms with Gasteiger partial charge in [-0.3, -0.25) is 0 Å². The molecule has 6 nitrogen and oxygen atoms in total. The lowest BCUT2D eigenvalue weighted by atomic mass is 10.1. The third-order valence-electron chi connectivity index (χ3n) is 2.98. The topological polar surface area (TPSA) is 75.7 Å². The number of carbonyl (C=O) groups excluding carboxylic acids is 1. The molecule has 2 aliphatic heterocycles. The number of rotatable bonds is 0. The van der Waals surface area contributed by atoms with Crippen molar-refractivity contribution in [3.05, 3.63) is 0 Å². The number of amides is 1. The van der Waals surface area contributed by atoms with Crippen molar-refractivity contribution in [2.45, 2.75) is 31.6 Å². The van der Waals surface area contributed by atoms with Gasteiger partial charge in [0.1, 0.15) is 5.60 Å². The van der Waals surface area contributed by atoms with Gasteiger partial charge < -0.3 is 9.64 Å². The summed E-state index contributed by atoms with van der Waals surface area (Å²) < 4.78 is 30.9. The van der Waals surface area contributed by atoms with Gasteiger partial charge in [0.25, 0.3) is 0 Å². The smallest absolute Gasteiger partial charge is 0.410 e. The molecule has 2 fully saturated rings. The summed E-state index contributed by atoms with van der Waals surface area (Å²) in [5.41, 5.74) is -0.550. The van der Waals surface area contributed by atoms with E-state index in [1.807, 2.05) is 0 Å². The van der Waals surface area contributed by atoms with Crippen molar-refractivity contribution in [3.8, 4) is 0 Å². The van der Waals surface area contributed by atoms with Crippen molar-refractivity contribution in [1.82, 2.24) is 9.62 Å². The van der Waals surface area contributed by atoms with E-state index in [1.54, 1.807) is 20.8 Å². The first-order valence-electron chi connectivity index (χ1n) is 5.65. The Bertz CT molecular complexity index is 426. The summed E-state index contributed by atoms with van der Waals surface area (Å²) >= 11 is 0. The van der Waals surface area contributed by atoms with Crippen LogP contribution in [0.25, 0.3) is 0 Å². The van der Waals surface area contributed by atoms with Gasteiger partial charge in [-0.1, -0.05) is 0 Å². The second-order valence-corrected chi connectivity index (χ2v) is 7.56. The van der Waals surface area contributed by atoms with Gasteiger partial charge in [0.15, 0.2) is 0 Å². The van der Waals surface area contributed by atoms with E-state index in [0.29, 0.717) is 13.1 Å². The zero-order valence-corrected chi connectivity index (χ0v) is 11.1. The highest BCUT2D eigenvalue weighted by Gasteiger charge is 2.48. The first kappa shape index (κ1) is 12.6. The van der Waals surface area contributed by atoms with Gasteiger partial charge in [0.05, 0.1) is 5.25 Å². The molecule has 17 heavy (non-hydrogen) atoms. The first-order chi connectivity index (χ1) is 7.69. The SMILES string of the molecule is CC(C)(C)OC(=O)N1CC2CNS(=O)(=O)C2C1. The zero-order chi connectivity index (χ0) is 12.8. The molecule has 2 aliphatic rings. The Kier molecular flexibility index (Phi) is 2.86. The largest absolute Gasteiger partial charge is 0.444 e. The van der Waals surface area contributed by atoms with Crippen LogP contribution >= 0.6 is 0 Å². The molecule has 0 spiro atoms. The van der Waals surface area contributed by atoms with Crippen LogP contribution in [0, 0.1) is 5.92 Å². The number of sulfonamides is 1. The predicted molar refractivity (Wildman–Crippen MR) is 62.0 cm³/mol. The molecular formula is C10H18N2O4S. The first-order valence-corrected chi connectivity index (χ1v) is 7.20. The van der Waals surface area contributed by atoms with Crippen LogP contribution < -0.4 is 4.72 Å². The molecule has 2 atom stereocenters. The van der Waals surface area contributed by atoms with Crippen LogP contribution in [0.1, 0.15) is 20.8 Å². The minimum absolute atomic E-state index is 0.00693. The number of hydrogen-bond acceptors (Lipinski definition) is 4. The molecule has 0 radical (unpaired) electrons. The van der Waals surface area contributed by atoms with E-state index in [-0.39, 0.29) is 12.5 Å². The van der Waals surface area contributed by atoms with E-state index < -0.39 is 27.0 Å². The fourth-order valence-electron chi connectivity index (χ4n) is 2.19. The molecule has 0 bridgehead atoms. The highest BCUT2D eigenvalue weighted by molar-refractivity contribution is 7.90. The molecule has 0 aromatic heterocycles. The van der Waals surface area contributed by atoms with Gasteiger partial charge in [-0.25, -0.2) is 17.9 Å². The van der Waals surface area contributed by atoms with E-state index in [1.165, 1.54) is 4.90 Å². The molecule has 7 heteroatoms. The fourth-order valence-corrected chi connectivity index (χ4v) is 3.92. The average molecular weight is 262 g/mol. The molecule has 0 aliphatic carbocycles. The Morgan fingerprint density at radius 3 is 2.53 bits per heavy atom. The molecule has 98 valence electrons. The normalized spacial score (nSPS) is 31.4. The molecule has 0 aromatic carbocycles. The standard InChI is InChI=1S/C10H18N2O4S/c1-10(2,3)16-9(13)12-5-7-4-11-17(14,15)8(7)6-12/h7-8,11H,4-6H2,1-3H3. The summed E-state index contributed by atoms with van der Waals surface area (Å²) in [4.78, 5) is 13.3. The highest BCUT2D eigenvalue weighted by Crippen LogP contribution is 2.28. The van der Waals surface area contributed by atoms with Crippen molar-refractivity contribution in [3.63, 3.8) is 0 Å². The summed E-state index contributed by atoms with van der Waals surface area (Å²) in [6.45, 7) is 6.48. The molecule has 2 rings (SSSR count). The average Bonchev–Trinajstić information content (AvgIpc) is 2.65. The number of carbonyl (C=O) groups is 1. The number of hydrogen-bond donors (Lipinski definition) is 1. The van der Waals surface area contributed by atoms with Crippen LogP contribution in [-0.2, 0) is 14.8 Å². The van der Waals surface area contributed by atoms with Gasteiger partial charge in [0.2, 0.25) is 10.0 Å². The van der Waals surface area contributed by atoms with E-state index in [9.17, 15) is 13.2 Å². The second-order valence-electron chi connectivity index (χ2n) is 5.58. The lowest BCUT2D eigenvalue weighted by molar-refractivity contribution is 0.0288. The van der Waals surface area contributed by atoms with Crippen LogP contribution in [0.5, 0.6) is 0 Å². The second kappa shape index (κ2) is 3.84. The number of fused-ring (bicyclic) bond motifs is 1. The van der Waals surface area contributed by atoms with Crippen LogP contribution in [-0.4, -0.2) is 49.9 Å². The third-order valence-corrected chi connectivity index (χ3v) is 4.88. The van der Waals surface area contributed by atoms with Crippen LogP contribution in [0.2, 0.25) is 0 Å². The molecule has 0 saturated carbocycles. The summed E-state index contributed by atoms with van der Waals surface area (Å²) in [7, 11) is -3.23. The number of likely N-dealkylation sites (tertiary alicyclic amines) is 1. The predicted octanol–water partition coefficient (Wildman–Crippen LogP) is 0.155. The maximum absolute atomic E-state index is 11.8. The van der Waals surface area contributed by atoms with Gasteiger partial charge in [-0.2, -0.15) is 0 Å². The summed E-state index contributed by atoms with van der Waals surface area (Å²) in [6, 6.07) is 0. The molecule has 2 saturated heterocycles. The molecule has 2 unspecified atom stereocenters. The lowest BCUT2D eigenvalue weighted by Crippen LogP contribution is -2.38. The van der Waals surface area contributed by atoms with Gasteiger partial charge >= 0.3 is 6.09 Å². The van der Waals surface area contributed by atoms with Crippen LogP contribution in [0.15, 0.2) is 0 Å². The van der Waals surface area contributed by atoms with Gasteiger partial charge in [0, 0.05) is 25.6 Å². The molecule has 1 amide bonds. The number of nitrogens with zero attached hydrogens (tertiary/aromatic N) is 1. The Hall–Kier alpha value is -0.820. The fraction of sp³-hybridized carbons (Fsp3) is 0.900. The van der Waals surface area contributed by atoms with Crippen LogP contribution in [0.3, 0.4) is 0 Å². The van der Waals surface area contributed by atoms with E-state index in [2.05, 4.69) is 4.72 Å². The number of ether oxygens (including phenoxy) is 1. The van der Waals surface area contributed by atoms with E-state index in [0.717, 1.165) is 0 Å². The highest BCUT2D eigenvalue weighted by atomic mass is 32.2. The van der Waals surface area contributed by atoms with Crippen LogP contribution in [0.4, 0.5) is 4.79 Å². The van der Waals surface area contributed by atoms with Crippen molar-refractivity contribution < 1.29 is 17.9 Å². The molecular weight excluding hydrogens is 244 g/mol. The van der Waals surface area contributed by atoms with Gasteiger partial charge in [-0.15, -0.1) is 0 Å². The lowest BCUT2D eigenvalue weighted by Gasteiger charge is -2.24. The maximum Gasteiger partial charge on any atom is 0.410 e. The van der Waals surface area contributed by atoms with E-state index in [4.69, 9.17) is 4.74 Å². The third kappa shape index (κ3) is 2.55. The van der Waals surface area contributed by atoms with Crippen molar-refractivity contribution >= 4 is 16.1 Å². The molecule has 2 heterocycles. The van der Waals surface area contributed by atoms with Gasteiger partial charge in [-0.05, 0) is 20.8 Å². The summed E-state index contributed by atoms with van der Waals surface area (Å²) in [6.07, 6.45) is -0.429. The van der Waals surface area contributed by atoms with Crippen molar-refractivity contribution in [2.75, 3.05) is 19.6 Å². The Labute approximate surface area is 101 Å². The van der Waals surface area contributed by atoms with E-state index >= 15 is 0 Å². The minimum Gasteiger partial charge on any atom is -0.444 e.